The summed E-state index contributed by atoms with van der Waals surface area (Å²) in [6, 6.07) is 4.37. The Hall–Kier alpha value is -1.54. The van der Waals surface area contributed by atoms with Crippen LogP contribution in [-0.2, 0) is 23.1 Å². The monoisotopic (exact) mass is 376 g/mol. The third-order valence-electron chi connectivity index (χ3n) is 5.32. The summed E-state index contributed by atoms with van der Waals surface area (Å²) >= 11 is 0. The van der Waals surface area contributed by atoms with Gasteiger partial charge < -0.3 is 14.4 Å². The van der Waals surface area contributed by atoms with Crippen LogP contribution < -0.4 is 0 Å². The molecule has 0 bridgehead atoms. The van der Waals surface area contributed by atoms with E-state index in [2.05, 4.69) is 41.8 Å². The lowest BCUT2D eigenvalue weighted by atomic mass is 9.61. The van der Waals surface area contributed by atoms with Crippen molar-refractivity contribution in [2.45, 2.75) is 51.4 Å². The van der Waals surface area contributed by atoms with Crippen LogP contribution in [0.2, 0.25) is 0 Å². The number of alkyl halides is 3. The summed E-state index contributed by atoms with van der Waals surface area (Å²) in [6.45, 7) is 6.59. The summed E-state index contributed by atoms with van der Waals surface area (Å²) in [6.07, 6.45) is 2.95. The summed E-state index contributed by atoms with van der Waals surface area (Å²) in [7, 11) is 2.14. The molecule has 1 saturated heterocycles. The zero-order valence-corrected chi connectivity index (χ0v) is 15.3. The van der Waals surface area contributed by atoms with Gasteiger partial charge in [-0.05, 0) is 63.2 Å². The van der Waals surface area contributed by atoms with Gasteiger partial charge in [0, 0.05) is 32.1 Å². The second kappa shape index (κ2) is 8.43. The molecule has 1 aliphatic carbocycles. The van der Waals surface area contributed by atoms with Crippen LogP contribution in [0.5, 0.6) is 0 Å². The molecule has 0 aromatic carbocycles. The highest BCUT2D eigenvalue weighted by Crippen LogP contribution is 2.50. The molecule has 0 unspecified atom stereocenters. The van der Waals surface area contributed by atoms with Crippen molar-refractivity contribution in [3.05, 3.63) is 24.0 Å². The minimum atomic E-state index is -5.08. The summed E-state index contributed by atoms with van der Waals surface area (Å²) in [4.78, 5) is 11.5. The molecular weight excluding hydrogens is 349 g/mol. The lowest BCUT2D eigenvalue weighted by Gasteiger charge is -2.52. The number of nitrogens with zero attached hydrogens (tertiary/aromatic N) is 2. The van der Waals surface area contributed by atoms with Gasteiger partial charge in [0.05, 0.1) is 6.10 Å². The predicted molar refractivity (Wildman–Crippen MR) is 90.7 cm³/mol. The molecule has 148 valence electrons. The fraction of sp³-hybridized carbons (Fsp3) is 0.722. The number of piperidine rings is 1. The van der Waals surface area contributed by atoms with Gasteiger partial charge in [-0.25, -0.2) is 4.79 Å². The van der Waals surface area contributed by atoms with Crippen LogP contribution in [-0.4, -0.2) is 52.5 Å². The van der Waals surface area contributed by atoms with E-state index >= 15 is 0 Å². The fourth-order valence-corrected chi connectivity index (χ4v) is 3.74. The first-order valence-electron chi connectivity index (χ1n) is 8.89. The van der Waals surface area contributed by atoms with Gasteiger partial charge in [0.2, 0.25) is 0 Å². The first-order valence-corrected chi connectivity index (χ1v) is 8.89. The lowest BCUT2D eigenvalue weighted by molar-refractivity contribution is -0.192. The predicted octanol–water partition coefficient (Wildman–Crippen LogP) is 3.44. The van der Waals surface area contributed by atoms with E-state index in [0.717, 1.165) is 13.2 Å². The number of aliphatic carboxylic acids is 1. The maximum atomic E-state index is 10.6. The number of aryl methyl sites for hydroxylation is 1. The van der Waals surface area contributed by atoms with Crippen LogP contribution >= 0.6 is 0 Å². The third kappa shape index (κ3) is 5.48. The average molecular weight is 376 g/mol. The van der Waals surface area contributed by atoms with Gasteiger partial charge >= 0.3 is 12.1 Å². The van der Waals surface area contributed by atoms with E-state index in [9.17, 15) is 13.2 Å². The minimum Gasteiger partial charge on any atom is -0.475 e. The Bertz CT molecular complexity index is 585. The molecular formula is C18H27F3N2O3. The maximum absolute atomic E-state index is 10.6. The van der Waals surface area contributed by atoms with Crippen molar-refractivity contribution < 1.29 is 27.8 Å². The van der Waals surface area contributed by atoms with Crippen LogP contribution in [0.4, 0.5) is 13.2 Å². The Morgan fingerprint density at radius 2 is 1.92 bits per heavy atom. The molecule has 1 N–H and O–H groups in total. The number of hydrogen-bond donors (Lipinski definition) is 1. The molecule has 0 atom stereocenters. The molecule has 0 amide bonds. The largest absolute Gasteiger partial charge is 0.490 e. The maximum Gasteiger partial charge on any atom is 0.490 e. The Kier molecular flexibility index (Phi) is 6.74. The molecule has 1 spiro atoms. The Balaban J connectivity index is 0.000000298. The van der Waals surface area contributed by atoms with Crippen molar-refractivity contribution >= 4 is 5.97 Å². The second-order valence-electron chi connectivity index (χ2n) is 7.18. The Labute approximate surface area is 151 Å². The molecule has 1 aromatic rings. The van der Waals surface area contributed by atoms with Crippen molar-refractivity contribution in [1.82, 2.24) is 9.47 Å². The van der Waals surface area contributed by atoms with Crippen LogP contribution in [0, 0.1) is 5.41 Å². The van der Waals surface area contributed by atoms with Crippen molar-refractivity contribution in [3.63, 3.8) is 0 Å². The minimum absolute atomic E-state index is 0.560. The van der Waals surface area contributed by atoms with E-state index < -0.39 is 12.1 Å². The van der Waals surface area contributed by atoms with Gasteiger partial charge in [-0.2, -0.15) is 13.2 Å². The highest BCUT2D eigenvalue weighted by atomic mass is 19.4. The first-order chi connectivity index (χ1) is 12.1. The average Bonchev–Trinajstić information content (AvgIpc) is 2.93. The van der Waals surface area contributed by atoms with Gasteiger partial charge in [-0.3, -0.25) is 4.90 Å². The van der Waals surface area contributed by atoms with E-state index in [1.807, 2.05) is 0 Å². The van der Waals surface area contributed by atoms with Gasteiger partial charge in [-0.1, -0.05) is 0 Å². The highest BCUT2D eigenvalue weighted by Gasteiger charge is 2.46. The normalized spacial score (nSPS) is 20.3. The number of rotatable bonds is 4. The van der Waals surface area contributed by atoms with Crippen LogP contribution in [0.15, 0.2) is 18.3 Å². The summed E-state index contributed by atoms with van der Waals surface area (Å²) in [5, 5.41) is 7.12. The quantitative estimate of drug-likeness (QED) is 0.875. The van der Waals surface area contributed by atoms with Crippen molar-refractivity contribution in [2.24, 2.45) is 12.5 Å². The van der Waals surface area contributed by atoms with Gasteiger partial charge in [0.1, 0.15) is 0 Å². The fourth-order valence-electron chi connectivity index (χ4n) is 3.74. The number of halogens is 3. The summed E-state index contributed by atoms with van der Waals surface area (Å²) < 4.78 is 39.7. The van der Waals surface area contributed by atoms with E-state index in [1.165, 1.54) is 44.5 Å². The van der Waals surface area contributed by atoms with E-state index in [4.69, 9.17) is 14.6 Å². The van der Waals surface area contributed by atoms with Gasteiger partial charge in [0.25, 0.3) is 0 Å². The number of ether oxygens (including phenoxy) is 1. The molecule has 2 aliphatic rings. The van der Waals surface area contributed by atoms with Crippen LogP contribution in [0.1, 0.15) is 38.3 Å². The van der Waals surface area contributed by atoms with Crippen LogP contribution in [0.25, 0.3) is 0 Å². The van der Waals surface area contributed by atoms with Crippen LogP contribution in [0.3, 0.4) is 0 Å². The number of carboxylic acid groups (broad SMARTS) is 1. The molecule has 1 saturated carbocycles. The number of carbonyl (C=O) groups is 1. The van der Waals surface area contributed by atoms with Crippen molar-refractivity contribution in [2.75, 3.05) is 19.7 Å². The molecule has 2 heterocycles. The topological polar surface area (TPSA) is 54.7 Å². The lowest BCUT2D eigenvalue weighted by Crippen LogP contribution is -2.49. The Morgan fingerprint density at radius 3 is 2.35 bits per heavy atom. The van der Waals surface area contributed by atoms with E-state index in [1.54, 1.807) is 0 Å². The molecule has 1 aromatic heterocycles. The molecule has 2 fully saturated rings. The van der Waals surface area contributed by atoms with E-state index in [0.29, 0.717) is 11.5 Å². The molecule has 26 heavy (non-hydrogen) atoms. The molecule has 0 radical (unpaired) electrons. The third-order valence-corrected chi connectivity index (χ3v) is 5.32. The van der Waals surface area contributed by atoms with Gasteiger partial charge in [0.15, 0.2) is 0 Å². The number of hydrogen-bond acceptors (Lipinski definition) is 3. The zero-order valence-electron chi connectivity index (χ0n) is 15.3. The highest BCUT2D eigenvalue weighted by molar-refractivity contribution is 5.73. The molecule has 1 aliphatic heterocycles. The zero-order chi connectivity index (χ0) is 19.4. The molecule has 5 nitrogen and oxygen atoms in total. The first kappa shape index (κ1) is 20.8. The summed E-state index contributed by atoms with van der Waals surface area (Å²) in [5.41, 5.74) is 2.06. The van der Waals surface area contributed by atoms with Crippen molar-refractivity contribution in [1.29, 1.82) is 0 Å². The number of likely N-dealkylation sites (tertiary alicyclic amines) is 1. The SMILES string of the molecule is CCOC1CC2(CCN(Cc3cccn3C)CC2)C1.O=C(O)C(F)(F)F. The van der Waals surface area contributed by atoms with E-state index in [-0.39, 0.29) is 0 Å². The summed E-state index contributed by atoms with van der Waals surface area (Å²) in [5.74, 6) is -2.76. The number of carboxylic acids is 1. The number of aromatic nitrogens is 1. The van der Waals surface area contributed by atoms with Crippen molar-refractivity contribution in [3.8, 4) is 0 Å². The second-order valence-corrected chi connectivity index (χ2v) is 7.18. The Morgan fingerprint density at radius 1 is 1.35 bits per heavy atom. The molecule has 3 rings (SSSR count). The smallest absolute Gasteiger partial charge is 0.475 e. The standard InChI is InChI=1S/C16H26N2O.C2HF3O2/c1-3-19-15-11-16(12-15)6-9-18(10-7-16)13-14-5-4-8-17(14)2;3-2(4,5)1(6)7/h4-5,8,15H,3,6-7,9-13H2,1-2H3;(H,6,7). The molecule has 8 heteroatoms. The van der Waals surface area contributed by atoms with Gasteiger partial charge in [-0.15, -0.1) is 0 Å².